The molecule has 20 heavy (non-hydrogen) atoms. The molecule has 0 atom stereocenters. The summed E-state index contributed by atoms with van der Waals surface area (Å²) < 4.78 is 0. The van der Waals surface area contributed by atoms with Gasteiger partial charge in [-0.05, 0) is 31.9 Å². The Balaban J connectivity index is 1.91. The lowest BCUT2D eigenvalue weighted by Gasteiger charge is -2.25. The van der Waals surface area contributed by atoms with Crippen LogP contribution >= 0.6 is 11.6 Å². The molecule has 1 saturated carbocycles. The average molecular weight is 289 g/mol. The molecule has 0 unspecified atom stereocenters. The third-order valence-corrected chi connectivity index (χ3v) is 4.33. The number of fused-ring (bicyclic) bond motifs is 1. The van der Waals surface area contributed by atoms with Crippen LogP contribution in [0.2, 0.25) is 5.02 Å². The first-order chi connectivity index (χ1) is 9.57. The standard InChI is InChI=1S/C16H17ClN2O/c1-16(8-4-5-9-16)19-15(20)14-10-12(17)11-6-2-3-7-13(11)18-14/h2-3,6-7,10H,4-5,8-9H2,1H3,(H,19,20). The van der Waals surface area contributed by atoms with E-state index >= 15 is 0 Å². The van der Waals surface area contributed by atoms with Crippen LogP contribution < -0.4 is 5.32 Å². The predicted molar refractivity (Wildman–Crippen MR) is 81.1 cm³/mol. The number of carbonyl (C=O) groups excluding carboxylic acids is 1. The van der Waals surface area contributed by atoms with E-state index in [2.05, 4.69) is 17.2 Å². The average Bonchev–Trinajstić information content (AvgIpc) is 2.85. The van der Waals surface area contributed by atoms with Gasteiger partial charge in [0.15, 0.2) is 0 Å². The number of halogens is 1. The largest absolute Gasteiger partial charge is 0.346 e. The summed E-state index contributed by atoms with van der Waals surface area (Å²) in [7, 11) is 0. The Kier molecular flexibility index (Phi) is 3.38. The summed E-state index contributed by atoms with van der Waals surface area (Å²) in [5, 5.41) is 4.54. The predicted octanol–water partition coefficient (Wildman–Crippen LogP) is 3.95. The van der Waals surface area contributed by atoms with E-state index in [9.17, 15) is 4.79 Å². The van der Waals surface area contributed by atoms with Gasteiger partial charge in [0.1, 0.15) is 5.69 Å². The van der Waals surface area contributed by atoms with Crippen LogP contribution in [-0.4, -0.2) is 16.4 Å². The Bertz CT molecular complexity index is 663. The highest BCUT2D eigenvalue weighted by Gasteiger charge is 2.30. The number of pyridine rings is 1. The van der Waals surface area contributed by atoms with Crippen molar-refractivity contribution in [1.82, 2.24) is 10.3 Å². The number of rotatable bonds is 2. The van der Waals surface area contributed by atoms with E-state index in [1.807, 2.05) is 24.3 Å². The zero-order valence-corrected chi connectivity index (χ0v) is 12.2. The van der Waals surface area contributed by atoms with Crippen LogP contribution in [0.25, 0.3) is 10.9 Å². The second kappa shape index (κ2) is 5.06. The summed E-state index contributed by atoms with van der Waals surface area (Å²) in [6.45, 7) is 2.10. The van der Waals surface area contributed by atoms with Crippen molar-refractivity contribution in [2.45, 2.75) is 38.1 Å². The number of aromatic nitrogens is 1. The van der Waals surface area contributed by atoms with Crippen LogP contribution in [0, 0.1) is 0 Å². The Labute approximate surface area is 123 Å². The van der Waals surface area contributed by atoms with Gasteiger partial charge in [0.2, 0.25) is 0 Å². The van der Waals surface area contributed by atoms with Crippen molar-refractivity contribution in [1.29, 1.82) is 0 Å². The van der Waals surface area contributed by atoms with Crippen molar-refractivity contribution in [3.8, 4) is 0 Å². The number of amides is 1. The fraction of sp³-hybridized carbons (Fsp3) is 0.375. The molecule has 0 aliphatic heterocycles. The molecule has 2 aromatic rings. The van der Waals surface area contributed by atoms with Gasteiger partial charge in [0.25, 0.3) is 5.91 Å². The van der Waals surface area contributed by atoms with Crippen molar-refractivity contribution in [2.75, 3.05) is 0 Å². The fourth-order valence-electron chi connectivity index (χ4n) is 2.87. The van der Waals surface area contributed by atoms with Crippen molar-refractivity contribution < 1.29 is 4.79 Å². The number of nitrogens with zero attached hydrogens (tertiary/aromatic N) is 1. The molecule has 1 heterocycles. The van der Waals surface area contributed by atoms with Gasteiger partial charge >= 0.3 is 0 Å². The van der Waals surface area contributed by atoms with Crippen LogP contribution in [0.15, 0.2) is 30.3 Å². The van der Waals surface area contributed by atoms with Crippen molar-refractivity contribution in [2.24, 2.45) is 0 Å². The number of para-hydroxylation sites is 1. The molecule has 3 rings (SSSR count). The third-order valence-electron chi connectivity index (χ3n) is 4.02. The van der Waals surface area contributed by atoms with E-state index in [-0.39, 0.29) is 11.4 Å². The monoisotopic (exact) mass is 288 g/mol. The number of carbonyl (C=O) groups is 1. The molecular formula is C16H17ClN2O. The van der Waals surface area contributed by atoms with E-state index < -0.39 is 0 Å². The smallest absolute Gasteiger partial charge is 0.270 e. The summed E-state index contributed by atoms with van der Waals surface area (Å²) in [5.41, 5.74) is 1.04. The van der Waals surface area contributed by atoms with Gasteiger partial charge in [0.05, 0.1) is 10.5 Å². The third kappa shape index (κ3) is 2.50. The summed E-state index contributed by atoms with van der Waals surface area (Å²) in [5.74, 6) is -0.137. The number of hydrogen-bond acceptors (Lipinski definition) is 2. The van der Waals surface area contributed by atoms with Gasteiger partial charge in [-0.2, -0.15) is 0 Å². The lowest BCUT2D eigenvalue weighted by atomic mass is 10.0. The molecule has 1 aromatic heterocycles. The Hall–Kier alpha value is -1.61. The first-order valence-electron chi connectivity index (χ1n) is 6.95. The highest BCUT2D eigenvalue weighted by atomic mass is 35.5. The first-order valence-corrected chi connectivity index (χ1v) is 7.33. The molecule has 3 nitrogen and oxygen atoms in total. The maximum atomic E-state index is 12.4. The summed E-state index contributed by atoms with van der Waals surface area (Å²) in [6, 6.07) is 9.23. The van der Waals surface area contributed by atoms with Crippen LogP contribution in [-0.2, 0) is 0 Å². The highest BCUT2D eigenvalue weighted by Crippen LogP contribution is 2.29. The minimum Gasteiger partial charge on any atom is -0.346 e. The summed E-state index contributed by atoms with van der Waals surface area (Å²) in [6.07, 6.45) is 4.39. The maximum absolute atomic E-state index is 12.4. The van der Waals surface area contributed by atoms with Crippen LogP contribution in [0.5, 0.6) is 0 Å². The van der Waals surface area contributed by atoms with E-state index in [0.29, 0.717) is 10.7 Å². The molecule has 1 aromatic carbocycles. The van der Waals surface area contributed by atoms with Gasteiger partial charge in [-0.25, -0.2) is 4.98 Å². The van der Waals surface area contributed by atoms with Gasteiger partial charge < -0.3 is 5.32 Å². The summed E-state index contributed by atoms with van der Waals surface area (Å²) >= 11 is 6.24. The summed E-state index contributed by atoms with van der Waals surface area (Å²) in [4.78, 5) is 16.8. The fourth-order valence-corrected chi connectivity index (χ4v) is 3.13. The molecule has 0 saturated heterocycles. The molecule has 0 radical (unpaired) electrons. The maximum Gasteiger partial charge on any atom is 0.270 e. The topological polar surface area (TPSA) is 42.0 Å². The molecular weight excluding hydrogens is 272 g/mol. The minimum absolute atomic E-state index is 0.100. The zero-order chi connectivity index (χ0) is 14.2. The number of hydrogen-bond donors (Lipinski definition) is 1. The van der Waals surface area contributed by atoms with E-state index in [4.69, 9.17) is 11.6 Å². The van der Waals surface area contributed by atoms with E-state index in [1.165, 1.54) is 12.8 Å². The van der Waals surface area contributed by atoms with Gasteiger partial charge in [-0.1, -0.05) is 42.6 Å². The molecule has 1 aliphatic rings. The van der Waals surface area contributed by atoms with Crippen molar-refractivity contribution in [3.05, 3.63) is 41.0 Å². The molecule has 0 spiro atoms. The minimum atomic E-state index is -0.137. The second-order valence-corrected chi connectivity index (χ2v) is 6.14. The van der Waals surface area contributed by atoms with Crippen molar-refractivity contribution >= 4 is 28.4 Å². The SMILES string of the molecule is CC1(NC(=O)c2cc(Cl)c3ccccc3n2)CCCC1. The van der Waals surface area contributed by atoms with Crippen LogP contribution in [0.3, 0.4) is 0 Å². The lowest BCUT2D eigenvalue weighted by molar-refractivity contribution is 0.0903. The van der Waals surface area contributed by atoms with Gasteiger partial charge in [-0.15, -0.1) is 0 Å². The first kappa shape index (κ1) is 13.4. The molecule has 1 aliphatic carbocycles. The van der Waals surface area contributed by atoms with Gasteiger partial charge in [-0.3, -0.25) is 4.79 Å². The Morgan fingerprint density at radius 1 is 1.30 bits per heavy atom. The molecule has 104 valence electrons. The lowest BCUT2D eigenvalue weighted by Crippen LogP contribution is -2.43. The molecule has 1 N–H and O–H groups in total. The van der Waals surface area contributed by atoms with Crippen LogP contribution in [0.4, 0.5) is 0 Å². The molecule has 1 amide bonds. The Morgan fingerprint density at radius 2 is 2.00 bits per heavy atom. The van der Waals surface area contributed by atoms with E-state index in [0.717, 1.165) is 23.7 Å². The normalized spacial score (nSPS) is 17.3. The molecule has 4 heteroatoms. The Morgan fingerprint density at radius 3 is 2.75 bits per heavy atom. The highest BCUT2D eigenvalue weighted by molar-refractivity contribution is 6.35. The number of nitrogens with one attached hydrogen (secondary N) is 1. The quantitative estimate of drug-likeness (QED) is 0.909. The number of benzene rings is 1. The van der Waals surface area contributed by atoms with E-state index in [1.54, 1.807) is 6.07 Å². The second-order valence-electron chi connectivity index (χ2n) is 5.73. The molecule has 1 fully saturated rings. The molecule has 0 bridgehead atoms. The van der Waals surface area contributed by atoms with Crippen molar-refractivity contribution in [3.63, 3.8) is 0 Å². The van der Waals surface area contributed by atoms with Gasteiger partial charge in [0, 0.05) is 10.9 Å². The van der Waals surface area contributed by atoms with Crippen LogP contribution in [0.1, 0.15) is 43.1 Å². The zero-order valence-electron chi connectivity index (χ0n) is 11.4.